The van der Waals surface area contributed by atoms with Crippen LogP contribution in [-0.4, -0.2) is 19.0 Å². The van der Waals surface area contributed by atoms with Crippen LogP contribution in [0.1, 0.15) is 6.92 Å². The van der Waals surface area contributed by atoms with E-state index < -0.39 is 0 Å². The van der Waals surface area contributed by atoms with E-state index in [-0.39, 0.29) is 11.8 Å². The van der Waals surface area contributed by atoms with Crippen LogP contribution in [0.3, 0.4) is 0 Å². The van der Waals surface area contributed by atoms with Crippen LogP contribution in [0, 0.1) is 11.8 Å². The fourth-order valence-corrected chi connectivity index (χ4v) is 2.66. The summed E-state index contributed by atoms with van der Waals surface area (Å²) in [6, 6.07) is 17.1. The average molecular weight is 296 g/mol. The zero-order chi connectivity index (χ0) is 15.4. The summed E-state index contributed by atoms with van der Waals surface area (Å²) in [5.74, 6) is 1.94. The molecule has 4 nitrogen and oxygen atoms in total. The van der Waals surface area contributed by atoms with Gasteiger partial charge in [-0.05, 0) is 36.7 Å². The van der Waals surface area contributed by atoms with E-state index in [2.05, 4.69) is 17.6 Å². The molecule has 0 bridgehead atoms. The van der Waals surface area contributed by atoms with Crippen LogP contribution in [0.15, 0.2) is 54.6 Å². The van der Waals surface area contributed by atoms with Gasteiger partial charge in [-0.15, -0.1) is 0 Å². The fourth-order valence-electron chi connectivity index (χ4n) is 2.66. The van der Waals surface area contributed by atoms with E-state index in [9.17, 15) is 4.79 Å². The minimum Gasteiger partial charge on any atom is -0.457 e. The van der Waals surface area contributed by atoms with Gasteiger partial charge in [0.05, 0.1) is 5.92 Å². The summed E-state index contributed by atoms with van der Waals surface area (Å²) >= 11 is 0. The molecule has 4 heteroatoms. The van der Waals surface area contributed by atoms with Gasteiger partial charge in [0, 0.05) is 18.3 Å². The number of nitrogens with one attached hydrogen (secondary N) is 2. The standard InChI is InChI=1S/C18H20N2O2/c1-13-11-19-12-17(13)18(21)20-14-6-5-9-16(10-14)22-15-7-3-2-4-8-15/h2-10,13,17,19H,11-12H2,1H3,(H,20,21)/t13-,17-/m1/s1. The summed E-state index contributed by atoms with van der Waals surface area (Å²) < 4.78 is 5.78. The van der Waals surface area contributed by atoms with Crippen molar-refractivity contribution in [2.45, 2.75) is 6.92 Å². The number of hydrogen-bond donors (Lipinski definition) is 2. The van der Waals surface area contributed by atoms with Crippen molar-refractivity contribution in [2.24, 2.45) is 11.8 Å². The van der Waals surface area contributed by atoms with Crippen molar-refractivity contribution in [2.75, 3.05) is 18.4 Å². The summed E-state index contributed by atoms with van der Waals surface area (Å²) in [5.41, 5.74) is 0.762. The Bertz CT molecular complexity index is 643. The minimum absolute atomic E-state index is 0.0266. The Kier molecular flexibility index (Phi) is 4.39. The molecule has 1 heterocycles. The highest BCUT2D eigenvalue weighted by molar-refractivity contribution is 5.93. The quantitative estimate of drug-likeness (QED) is 0.910. The van der Waals surface area contributed by atoms with Gasteiger partial charge in [-0.25, -0.2) is 0 Å². The highest BCUT2D eigenvalue weighted by Gasteiger charge is 2.29. The second-order valence-corrected chi connectivity index (χ2v) is 5.67. The molecular formula is C18H20N2O2. The smallest absolute Gasteiger partial charge is 0.229 e. The van der Waals surface area contributed by atoms with E-state index in [1.165, 1.54) is 0 Å². The molecule has 0 radical (unpaired) electrons. The lowest BCUT2D eigenvalue weighted by Crippen LogP contribution is -2.27. The lowest BCUT2D eigenvalue weighted by molar-refractivity contribution is -0.120. The van der Waals surface area contributed by atoms with E-state index in [0.717, 1.165) is 24.5 Å². The minimum atomic E-state index is 0.0266. The van der Waals surface area contributed by atoms with E-state index in [1.54, 1.807) is 0 Å². The molecule has 1 aliphatic rings. The van der Waals surface area contributed by atoms with Gasteiger partial charge in [0.15, 0.2) is 0 Å². The fraction of sp³-hybridized carbons (Fsp3) is 0.278. The molecule has 0 aromatic heterocycles. The molecule has 3 rings (SSSR count). The second kappa shape index (κ2) is 6.62. The number of ether oxygens (including phenoxy) is 1. The summed E-state index contributed by atoms with van der Waals surface area (Å²) in [6.07, 6.45) is 0. The topological polar surface area (TPSA) is 50.4 Å². The predicted molar refractivity (Wildman–Crippen MR) is 87.1 cm³/mol. The molecule has 0 saturated carbocycles. The Morgan fingerprint density at radius 2 is 1.86 bits per heavy atom. The summed E-state index contributed by atoms with van der Waals surface area (Å²) in [4.78, 5) is 12.3. The van der Waals surface area contributed by atoms with Crippen molar-refractivity contribution < 1.29 is 9.53 Å². The van der Waals surface area contributed by atoms with Gasteiger partial charge in [0.1, 0.15) is 11.5 Å². The van der Waals surface area contributed by atoms with Crippen molar-refractivity contribution in [1.82, 2.24) is 5.32 Å². The zero-order valence-electron chi connectivity index (χ0n) is 12.6. The monoisotopic (exact) mass is 296 g/mol. The molecule has 0 unspecified atom stereocenters. The molecule has 2 aromatic rings. The molecule has 2 N–H and O–H groups in total. The van der Waals surface area contributed by atoms with Crippen LogP contribution in [0.2, 0.25) is 0 Å². The first-order valence-electron chi connectivity index (χ1n) is 7.57. The number of carbonyl (C=O) groups is 1. The SMILES string of the molecule is C[C@@H]1CNC[C@H]1C(=O)Nc1cccc(Oc2ccccc2)c1. The maximum Gasteiger partial charge on any atom is 0.229 e. The lowest BCUT2D eigenvalue weighted by Gasteiger charge is -2.14. The van der Waals surface area contributed by atoms with Crippen LogP contribution in [0.25, 0.3) is 0 Å². The maximum atomic E-state index is 12.3. The molecule has 0 aliphatic carbocycles. The molecule has 2 aromatic carbocycles. The zero-order valence-corrected chi connectivity index (χ0v) is 12.6. The Balaban J connectivity index is 1.67. The molecule has 1 saturated heterocycles. The van der Waals surface area contributed by atoms with Crippen LogP contribution >= 0.6 is 0 Å². The van der Waals surface area contributed by atoms with Gasteiger partial charge in [-0.1, -0.05) is 31.2 Å². The number of benzene rings is 2. The van der Waals surface area contributed by atoms with Crippen LogP contribution in [0.4, 0.5) is 5.69 Å². The van der Waals surface area contributed by atoms with Crippen molar-refractivity contribution in [3.63, 3.8) is 0 Å². The average Bonchev–Trinajstić information content (AvgIpc) is 2.95. The summed E-state index contributed by atoms with van der Waals surface area (Å²) in [5, 5.41) is 6.23. The number of hydrogen-bond acceptors (Lipinski definition) is 3. The van der Waals surface area contributed by atoms with Crippen molar-refractivity contribution in [3.05, 3.63) is 54.6 Å². The van der Waals surface area contributed by atoms with Gasteiger partial charge in [-0.2, -0.15) is 0 Å². The van der Waals surface area contributed by atoms with Gasteiger partial charge in [0.2, 0.25) is 5.91 Å². The highest BCUT2D eigenvalue weighted by Crippen LogP contribution is 2.25. The third kappa shape index (κ3) is 3.46. The Morgan fingerprint density at radius 1 is 1.09 bits per heavy atom. The van der Waals surface area contributed by atoms with E-state index in [1.807, 2.05) is 54.6 Å². The molecule has 2 atom stereocenters. The van der Waals surface area contributed by atoms with E-state index in [0.29, 0.717) is 11.7 Å². The van der Waals surface area contributed by atoms with Gasteiger partial charge in [-0.3, -0.25) is 4.79 Å². The number of amides is 1. The summed E-state index contributed by atoms with van der Waals surface area (Å²) in [7, 11) is 0. The molecule has 1 fully saturated rings. The first-order chi connectivity index (χ1) is 10.7. The van der Waals surface area contributed by atoms with Crippen molar-refractivity contribution >= 4 is 11.6 Å². The van der Waals surface area contributed by atoms with Crippen molar-refractivity contribution in [1.29, 1.82) is 0 Å². The number of rotatable bonds is 4. The highest BCUT2D eigenvalue weighted by atomic mass is 16.5. The summed E-state index contributed by atoms with van der Waals surface area (Å²) in [6.45, 7) is 3.74. The first-order valence-corrected chi connectivity index (χ1v) is 7.57. The number of carbonyl (C=O) groups excluding carboxylic acids is 1. The molecule has 22 heavy (non-hydrogen) atoms. The third-order valence-electron chi connectivity index (χ3n) is 3.93. The van der Waals surface area contributed by atoms with E-state index >= 15 is 0 Å². The number of anilines is 1. The Hall–Kier alpha value is -2.33. The largest absolute Gasteiger partial charge is 0.457 e. The normalized spacial score (nSPS) is 20.6. The van der Waals surface area contributed by atoms with Crippen LogP contribution in [0.5, 0.6) is 11.5 Å². The van der Waals surface area contributed by atoms with Gasteiger partial charge < -0.3 is 15.4 Å². The third-order valence-corrected chi connectivity index (χ3v) is 3.93. The van der Waals surface area contributed by atoms with Gasteiger partial charge in [0.25, 0.3) is 0 Å². The predicted octanol–water partition coefficient (Wildman–Crippen LogP) is 3.27. The molecular weight excluding hydrogens is 276 g/mol. The molecule has 0 spiro atoms. The Labute approximate surface area is 130 Å². The van der Waals surface area contributed by atoms with E-state index in [4.69, 9.17) is 4.74 Å². The molecule has 1 amide bonds. The van der Waals surface area contributed by atoms with Crippen molar-refractivity contribution in [3.8, 4) is 11.5 Å². The number of para-hydroxylation sites is 1. The van der Waals surface area contributed by atoms with Gasteiger partial charge >= 0.3 is 0 Å². The van der Waals surface area contributed by atoms with Crippen LogP contribution in [-0.2, 0) is 4.79 Å². The Morgan fingerprint density at radius 3 is 2.59 bits per heavy atom. The van der Waals surface area contributed by atoms with Crippen LogP contribution < -0.4 is 15.4 Å². The second-order valence-electron chi connectivity index (χ2n) is 5.67. The molecule has 114 valence electrons. The maximum absolute atomic E-state index is 12.3. The lowest BCUT2D eigenvalue weighted by atomic mass is 9.97. The first kappa shape index (κ1) is 14.6. The molecule has 1 aliphatic heterocycles.